The summed E-state index contributed by atoms with van der Waals surface area (Å²) in [4.78, 5) is 18.0. The molecule has 2 aromatic carbocycles. The van der Waals surface area contributed by atoms with E-state index in [-0.39, 0.29) is 12.3 Å². The van der Waals surface area contributed by atoms with E-state index in [0.717, 1.165) is 42.4 Å². The van der Waals surface area contributed by atoms with Crippen molar-refractivity contribution < 1.29 is 19.0 Å². The van der Waals surface area contributed by atoms with Crippen LogP contribution in [0.4, 0.5) is 4.39 Å². The highest BCUT2D eigenvalue weighted by Crippen LogP contribution is 2.36. The summed E-state index contributed by atoms with van der Waals surface area (Å²) in [7, 11) is 1.60. The number of carboxylic acids is 1. The monoisotopic (exact) mass is 502 g/mol. The van der Waals surface area contributed by atoms with Gasteiger partial charge in [-0.05, 0) is 98.5 Å². The lowest BCUT2D eigenvalue weighted by Crippen LogP contribution is -2.41. The van der Waals surface area contributed by atoms with Crippen LogP contribution in [0, 0.1) is 30.6 Å². The quantitative estimate of drug-likeness (QED) is 0.353. The average Bonchev–Trinajstić information content (AvgIpc) is 2.90. The molecule has 2 heterocycles. The molecule has 1 aromatic heterocycles. The third-order valence-corrected chi connectivity index (χ3v) is 7.37. The van der Waals surface area contributed by atoms with E-state index >= 15 is 4.39 Å². The molecule has 4 rings (SSSR count). The van der Waals surface area contributed by atoms with Crippen molar-refractivity contribution in [1.29, 1.82) is 0 Å². The first-order valence-electron chi connectivity index (χ1n) is 13.0. The zero-order valence-corrected chi connectivity index (χ0v) is 21.6. The number of carbonyl (C=O) groups is 1. The Morgan fingerprint density at radius 2 is 2.08 bits per heavy atom. The molecule has 194 valence electrons. The maximum atomic E-state index is 15.5. The van der Waals surface area contributed by atoms with Crippen molar-refractivity contribution in [2.75, 3.05) is 26.7 Å². The van der Waals surface area contributed by atoms with E-state index in [1.165, 1.54) is 5.56 Å². The molecule has 37 heavy (non-hydrogen) atoms. The lowest BCUT2D eigenvalue weighted by molar-refractivity contribution is -0.137. The molecule has 0 spiro atoms. The summed E-state index contributed by atoms with van der Waals surface area (Å²) in [6.07, 6.45) is 3.33. The van der Waals surface area contributed by atoms with E-state index in [9.17, 15) is 9.90 Å². The number of rotatable bonds is 9. The van der Waals surface area contributed by atoms with Gasteiger partial charge < -0.3 is 9.84 Å². The van der Waals surface area contributed by atoms with E-state index < -0.39 is 12.1 Å². The molecular formula is C31H35FN2O3. The van der Waals surface area contributed by atoms with Crippen LogP contribution >= 0.6 is 0 Å². The molecule has 1 aliphatic heterocycles. The first-order chi connectivity index (χ1) is 17.9. The van der Waals surface area contributed by atoms with Crippen LogP contribution in [-0.2, 0) is 4.79 Å². The molecule has 5 nitrogen and oxygen atoms in total. The zero-order valence-electron chi connectivity index (χ0n) is 21.6. The SMILES string of the molecule is COc1ccc2nccc([C@@H](F)CCC3CCN(CC#Cc4cccc(C)c4)CC3CCC(=O)O)c2c1. The number of nitrogens with zero attached hydrogens (tertiary/aromatic N) is 2. The minimum Gasteiger partial charge on any atom is -0.497 e. The fourth-order valence-electron chi connectivity index (χ4n) is 5.35. The Kier molecular flexibility index (Phi) is 9.14. The van der Waals surface area contributed by atoms with Crippen molar-refractivity contribution >= 4 is 16.9 Å². The highest BCUT2D eigenvalue weighted by Gasteiger charge is 2.30. The number of carboxylic acid groups (broad SMARTS) is 1. The van der Waals surface area contributed by atoms with Gasteiger partial charge >= 0.3 is 5.97 Å². The molecule has 1 fully saturated rings. The molecule has 1 saturated heterocycles. The first-order valence-corrected chi connectivity index (χ1v) is 13.0. The number of piperidine rings is 1. The van der Waals surface area contributed by atoms with Crippen LogP contribution in [0.1, 0.15) is 55.0 Å². The normalized spacial score (nSPS) is 18.7. The molecule has 6 heteroatoms. The van der Waals surface area contributed by atoms with Gasteiger partial charge in [-0.15, -0.1) is 0 Å². The van der Waals surface area contributed by atoms with Gasteiger partial charge in [0.15, 0.2) is 0 Å². The molecule has 1 aliphatic rings. The van der Waals surface area contributed by atoms with Crippen molar-refractivity contribution in [2.24, 2.45) is 11.8 Å². The van der Waals surface area contributed by atoms with Gasteiger partial charge in [0, 0.05) is 30.1 Å². The highest BCUT2D eigenvalue weighted by molar-refractivity contribution is 5.83. The number of likely N-dealkylation sites (tertiary alicyclic amines) is 1. The summed E-state index contributed by atoms with van der Waals surface area (Å²) in [6.45, 7) is 4.40. The van der Waals surface area contributed by atoms with Gasteiger partial charge in [-0.2, -0.15) is 0 Å². The van der Waals surface area contributed by atoms with Gasteiger partial charge in [-0.25, -0.2) is 4.39 Å². The van der Waals surface area contributed by atoms with E-state index in [1.807, 2.05) is 30.3 Å². The fraction of sp³-hybridized carbons (Fsp3) is 0.419. The van der Waals surface area contributed by atoms with E-state index in [4.69, 9.17) is 4.74 Å². The van der Waals surface area contributed by atoms with Gasteiger partial charge in [0.25, 0.3) is 0 Å². The number of ether oxygens (including phenoxy) is 1. The Hall–Kier alpha value is -3.43. The third kappa shape index (κ3) is 7.30. The van der Waals surface area contributed by atoms with Crippen LogP contribution in [0.2, 0.25) is 0 Å². The lowest BCUT2D eigenvalue weighted by Gasteiger charge is -2.38. The largest absolute Gasteiger partial charge is 0.497 e. The van der Waals surface area contributed by atoms with E-state index in [1.54, 1.807) is 19.4 Å². The maximum absolute atomic E-state index is 15.5. The Labute approximate surface area is 218 Å². The summed E-state index contributed by atoms with van der Waals surface area (Å²) >= 11 is 0. The first kappa shape index (κ1) is 26.6. The number of aliphatic carboxylic acids is 1. The van der Waals surface area contributed by atoms with Gasteiger partial charge in [0.1, 0.15) is 11.9 Å². The van der Waals surface area contributed by atoms with Gasteiger partial charge in [-0.1, -0.05) is 24.0 Å². The molecule has 0 bridgehead atoms. The number of halogens is 1. The summed E-state index contributed by atoms with van der Waals surface area (Å²) in [5.41, 5.74) is 3.58. The van der Waals surface area contributed by atoms with Crippen LogP contribution in [0.5, 0.6) is 5.75 Å². The minimum atomic E-state index is -1.11. The molecule has 2 unspecified atom stereocenters. The predicted molar refractivity (Wildman–Crippen MR) is 144 cm³/mol. The molecular weight excluding hydrogens is 467 g/mol. The van der Waals surface area contributed by atoms with Crippen molar-refractivity contribution in [3.05, 3.63) is 71.4 Å². The van der Waals surface area contributed by atoms with Crippen LogP contribution < -0.4 is 4.74 Å². The number of methoxy groups -OCH3 is 1. The van der Waals surface area contributed by atoms with Gasteiger partial charge in [0.05, 0.1) is 19.2 Å². The predicted octanol–water partition coefficient (Wildman–Crippen LogP) is 6.20. The number of fused-ring (bicyclic) bond motifs is 1. The Bertz CT molecular complexity index is 1280. The minimum absolute atomic E-state index is 0.137. The third-order valence-electron chi connectivity index (χ3n) is 7.37. The summed E-state index contributed by atoms with van der Waals surface area (Å²) in [6, 6.07) is 15.4. The second-order valence-electron chi connectivity index (χ2n) is 9.98. The number of hydrogen-bond acceptors (Lipinski definition) is 4. The Balaban J connectivity index is 1.39. The second kappa shape index (κ2) is 12.7. The number of aryl methyl sites for hydroxylation is 1. The number of pyridine rings is 1. The van der Waals surface area contributed by atoms with Crippen molar-refractivity contribution in [1.82, 2.24) is 9.88 Å². The number of hydrogen-bond donors (Lipinski definition) is 1. The van der Waals surface area contributed by atoms with Crippen LogP contribution in [0.15, 0.2) is 54.7 Å². The molecule has 0 aliphatic carbocycles. The maximum Gasteiger partial charge on any atom is 0.303 e. The van der Waals surface area contributed by atoms with Crippen molar-refractivity contribution in [3.8, 4) is 17.6 Å². The summed E-state index contributed by atoms with van der Waals surface area (Å²) in [5.74, 6) is 6.93. The van der Waals surface area contributed by atoms with E-state index in [2.05, 4.69) is 40.8 Å². The smallest absolute Gasteiger partial charge is 0.303 e. The van der Waals surface area contributed by atoms with Crippen LogP contribution in [-0.4, -0.2) is 47.7 Å². The zero-order chi connectivity index (χ0) is 26.2. The number of benzene rings is 2. The van der Waals surface area contributed by atoms with Crippen molar-refractivity contribution in [2.45, 2.75) is 45.2 Å². The number of aromatic nitrogens is 1. The van der Waals surface area contributed by atoms with Crippen molar-refractivity contribution in [3.63, 3.8) is 0 Å². The van der Waals surface area contributed by atoms with Gasteiger partial charge in [-0.3, -0.25) is 14.7 Å². The van der Waals surface area contributed by atoms with Crippen LogP contribution in [0.25, 0.3) is 10.9 Å². The Morgan fingerprint density at radius 3 is 2.86 bits per heavy atom. The van der Waals surface area contributed by atoms with Crippen LogP contribution in [0.3, 0.4) is 0 Å². The van der Waals surface area contributed by atoms with E-state index in [0.29, 0.717) is 36.6 Å². The molecule has 3 aromatic rings. The average molecular weight is 503 g/mol. The lowest BCUT2D eigenvalue weighted by atomic mass is 9.79. The standard InChI is InChI=1S/C31H35FN2O3/c1-22-5-3-6-23(19-22)7-4-17-34-18-15-24(25(21-34)9-13-31(35)36)8-11-29(32)27-14-16-33-30-12-10-26(37-2)20-28(27)30/h3,5-6,10,12,14,16,19-20,24-25,29H,8-9,11,13,15,17-18,21H2,1-2H3,(H,35,36)/t24?,25?,29-/m0/s1. The Morgan fingerprint density at radius 1 is 1.22 bits per heavy atom. The molecule has 0 radical (unpaired) electrons. The van der Waals surface area contributed by atoms with Gasteiger partial charge in [0.2, 0.25) is 0 Å². The molecule has 0 saturated carbocycles. The summed E-state index contributed by atoms with van der Waals surface area (Å²) in [5, 5.41) is 10.1. The molecule has 3 atom stereocenters. The fourth-order valence-corrected chi connectivity index (χ4v) is 5.35. The summed E-state index contributed by atoms with van der Waals surface area (Å²) < 4.78 is 20.9. The molecule has 0 amide bonds. The topological polar surface area (TPSA) is 62.7 Å². The molecule has 1 N–H and O–H groups in total. The highest BCUT2D eigenvalue weighted by atomic mass is 19.1. The number of alkyl halides is 1. The second-order valence-corrected chi connectivity index (χ2v) is 9.98.